The van der Waals surface area contributed by atoms with Gasteiger partial charge in [0.15, 0.2) is 0 Å². The van der Waals surface area contributed by atoms with Crippen LogP contribution < -0.4 is 10.1 Å². The number of rotatable bonds is 7. The van der Waals surface area contributed by atoms with Gasteiger partial charge in [-0.2, -0.15) is 0 Å². The van der Waals surface area contributed by atoms with E-state index in [1.807, 2.05) is 6.92 Å². The van der Waals surface area contributed by atoms with E-state index in [0.29, 0.717) is 0 Å². The minimum absolute atomic E-state index is 0.728. The molecule has 1 fully saturated rings. The van der Waals surface area contributed by atoms with Crippen molar-refractivity contribution in [1.82, 2.24) is 10.2 Å². The number of hydrogen-bond donors (Lipinski definition) is 1. The Labute approximate surface area is 116 Å². The molecule has 3 heteroatoms. The molecule has 1 atom stereocenters. The van der Waals surface area contributed by atoms with Crippen molar-refractivity contribution in [2.45, 2.75) is 39.3 Å². The summed E-state index contributed by atoms with van der Waals surface area (Å²) >= 11 is 0. The van der Waals surface area contributed by atoms with Crippen LogP contribution in [-0.4, -0.2) is 37.2 Å². The van der Waals surface area contributed by atoms with Crippen molar-refractivity contribution >= 4 is 0 Å². The first kappa shape index (κ1) is 14.4. The number of ether oxygens (including phenoxy) is 1. The number of benzene rings is 1. The third-order valence-corrected chi connectivity index (χ3v) is 3.85. The summed E-state index contributed by atoms with van der Waals surface area (Å²) in [6.07, 6.45) is 2.69. The molecule has 106 valence electrons. The van der Waals surface area contributed by atoms with Crippen LogP contribution in [0.25, 0.3) is 0 Å². The fourth-order valence-electron chi connectivity index (χ4n) is 2.80. The molecule has 0 bridgehead atoms. The highest BCUT2D eigenvalue weighted by molar-refractivity contribution is 5.27. The molecule has 3 nitrogen and oxygen atoms in total. The fraction of sp³-hybridized carbons (Fsp3) is 0.625. The van der Waals surface area contributed by atoms with Gasteiger partial charge in [0.05, 0.1) is 6.61 Å². The molecule has 1 aromatic carbocycles. The van der Waals surface area contributed by atoms with Gasteiger partial charge in [-0.1, -0.05) is 19.1 Å². The monoisotopic (exact) mass is 262 g/mol. The maximum Gasteiger partial charge on any atom is 0.119 e. The lowest BCUT2D eigenvalue weighted by Gasteiger charge is -2.23. The lowest BCUT2D eigenvalue weighted by atomic mass is 10.2. The maximum atomic E-state index is 5.45. The highest BCUT2D eigenvalue weighted by Gasteiger charge is 2.21. The second-order valence-electron chi connectivity index (χ2n) is 5.13. The lowest BCUT2D eigenvalue weighted by Crippen LogP contribution is -2.37. The van der Waals surface area contributed by atoms with Gasteiger partial charge >= 0.3 is 0 Å². The molecule has 1 saturated heterocycles. The average molecular weight is 262 g/mol. The largest absolute Gasteiger partial charge is 0.494 e. The van der Waals surface area contributed by atoms with Crippen LogP contribution >= 0.6 is 0 Å². The molecule has 0 spiro atoms. The van der Waals surface area contributed by atoms with E-state index < -0.39 is 0 Å². The van der Waals surface area contributed by atoms with E-state index in [1.165, 1.54) is 31.5 Å². The summed E-state index contributed by atoms with van der Waals surface area (Å²) < 4.78 is 5.45. The number of nitrogens with zero attached hydrogens (tertiary/aromatic N) is 1. The molecule has 2 rings (SSSR count). The van der Waals surface area contributed by atoms with Crippen LogP contribution in [0.3, 0.4) is 0 Å². The van der Waals surface area contributed by atoms with Gasteiger partial charge in [-0.15, -0.1) is 0 Å². The zero-order valence-corrected chi connectivity index (χ0v) is 12.2. The van der Waals surface area contributed by atoms with Crippen molar-refractivity contribution in [3.8, 4) is 5.75 Å². The smallest absolute Gasteiger partial charge is 0.119 e. The highest BCUT2D eigenvalue weighted by atomic mass is 16.5. The Morgan fingerprint density at radius 1 is 1.26 bits per heavy atom. The van der Waals surface area contributed by atoms with Gasteiger partial charge in [0.2, 0.25) is 0 Å². The average Bonchev–Trinajstić information content (AvgIpc) is 2.88. The van der Waals surface area contributed by atoms with E-state index in [9.17, 15) is 0 Å². The second-order valence-corrected chi connectivity index (χ2v) is 5.13. The summed E-state index contributed by atoms with van der Waals surface area (Å²) in [6, 6.07) is 9.12. The molecule has 1 N–H and O–H groups in total. The van der Waals surface area contributed by atoms with Gasteiger partial charge in [0.25, 0.3) is 0 Å². The predicted molar refractivity (Wildman–Crippen MR) is 79.6 cm³/mol. The normalized spacial score (nSPS) is 19.8. The van der Waals surface area contributed by atoms with E-state index in [1.54, 1.807) is 0 Å². The molecule has 0 aliphatic carbocycles. The zero-order valence-electron chi connectivity index (χ0n) is 12.2. The minimum atomic E-state index is 0.728. The van der Waals surface area contributed by atoms with Crippen molar-refractivity contribution in [2.24, 2.45) is 0 Å². The molecule has 1 aliphatic rings. The summed E-state index contributed by atoms with van der Waals surface area (Å²) in [4.78, 5) is 2.57. The first-order valence-corrected chi connectivity index (χ1v) is 7.50. The van der Waals surface area contributed by atoms with Gasteiger partial charge in [0.1, 0.15) is 5.75 Å². The standard InChI is InChI=1S/C16H26N2O/c1-3-18-11-5-6-15(18)13-17-12-14-7-9-16(10-8-14)19-4-2/h7-10,15,17H,3-6,11-13H2,1-2H3. The van der Waals surface area contributed by atoms with Crippen molar-refractivity contribution in [3.63, 3.8) is 0 Å². The van der Waals surface area contributed by atoms with Crippen LogP contribution in [0.5, 0.6) is 5.75 Å². The molecule has 1 unspecified atom stereocenters. The molecule has 0 saturated carbocycles. The van der Waals surface area contributed by atoms with E-state index in [2.05, 4.69) is 41.4 Å². The van der Waals surface area contributed by atoms with Crippen LogP contribution in [0.4, 0.5) is 0 Å². The summed E-state index contributed by atoms with van der Waals surface area (Å²) in [5.74, 6) is 0.958. The van der Waals surface area contributed by atoms with Crippen molar-refractivity contribution < 1.29 is 4.74 Å². The summed E-state index contributed by atoms with van der Waals surface area (Å²) in [5.41, 5.74) is 1.32. The van der Waals surface area contributed by atoms with Gasteiger partial charge in [-0.25, -0.2) is 0 Å². The molecule has 0 amide bonds. The molecule has 0 radical (unpaired) electrons. The van der Waals surface area contributed by atoms with Gasteiger partial charge in [-0.05, 0) is 50.6 Å². The number of nitrogens with one attached hydrogen (secondary N) is 1. The van der Waals surface area contributed by atoms with Crippen LogP contribution in [0.1, 0.15) is 32.3 Å². The van der Waals surface area contributed by atoms with Crippen molar-refractivity contribution in [1.29, 1.82) is 0 Å². The first-order chi connectivity index (χ1) is 9.33. The van der Waals surface area contributed by atoms with E-state index in [4.69, 9.17) is 4.74 Å². The summed E-state index contributed by atoms with van der Waals surface area (Å²) in [5, 5.41) is 3.58. The number of likely N-dealkylation sites (N-methyl/N-ethyl adjacent to an activating group) is 1. The van der Waals surface area contributed by atoms with Crippen LogP contribution in [0.15, 0.2) is 24.3 Å². The molecule has 1 aliphatic heterocycles. The third kappa shape index (κ3) is 4.22. The Morgan fingerprint density at radius 2 is 2.05 bits per heavy atom. The minimum Gasteiger partial charge on any atom is -0.494 e. The Morgan fingerprint density at radius 3 is 2.74 bits per heavy atom. The van der Waals surface area contributed by atoms with E-state index >= 15 is 0 Å². The van der Waals surface area contributed by atoms with Crippen LogP contribution in [-0.2, 0) is 6.54 Å². The topological polar surface area (TPSA) is 24.5 Å². The number of hydrogen-bond acceptors (Lipinski definition) is 3. The molecule has 1 aromatic rings. The zero-order chi connectivity index (χ0) is 13.5. The van der Waals surface area contributed by atoms with Gasteiger partial charge in [-0.3, -0.25) is 4.90 Å². The Hall–Kier alpha value is -1.06. The Bertz CT molecular complexity index is 364. The molecule has 1 heterocycles. The van der Waals surface area contributed by atoms with Crippen LogP contribution in [0.2, 0.25) is 0 Å². The third-order valence-electron chi connectivity index (χ3n) is 3.85. The Kier molecular flexibility index (Phi) is 5.67. The predicted octanol–water partition coefficient (Wildman–Crippen LogP) is 2.66. The van der Waals surface area contributed by atoms with E-state index in [0.717, 1.165) is 31.5 Å². The lowest BCUT2D eigenvalue weighted by molar-refractivity contribution is 0.260. The molecule has 19 heavy (non-hydrogen) atoms. The van der Waals surface area contributed by atoms with E-state index in [-0.39, 0.29) is 0 Å². The van der Waals surface area contributed by atoms with Crippen molar-refractivity contribution in [3.05, 3.63) is 29.8 Å². The summed E-state index contributed by atoms with van der Waals surface area (Å²) in [6.45, 7) is 9.48. The quantitative estimate of drug-likeness (QED) is 0.817. The molecule has 0 aromatic heterocycles. The molecular formula is C16H26N2O. The SMILES string of the molecule is CCOc1ccc(CNCC2CCCN2CC)cc1. The van der Waals surface area contributed by atoms with Gasteiger partial charge < -0.3 is 10.1 Å². The second kappa shape index (κ2) is 7.51. The maximum absolute atomic E-state index is 5.45. The summed E-state index contributed by atoms with van der Waals surface area (Å²) in [7, 11) is 0. The van der Waals surface area contributed by atoms with Crippen LogP contribution in [0, 0.1) is 0 Å². The fourth-order valence-corrected chi connectivity index (χ4v) is 2.80. The number of likely N-dealkylation sites (tertiary alicyclic amines) is 1. The van der Waals surface area contributed by atoms with Gasteiger partial charge in [0, 0.05) is 19.1 Å². The molecular weight excluding hydrogens is 236 g/mol. The highest BCUT2D eigenvalue weighted by Crippen LogP contribution is 2.16. The van der Waals surface area contributed by atoms with Crippen molar-refractivity contribution in [2.75, 3.05) is 26.2 Å². The first-order valence-electron chi connectivity index (χ1n) is 7.50. The Balaban J connectivity index is 1.73.